The van der Waals surface area contributed by atoms with Gasteiger partial charge >= 0.3 is 0 Å². The average molecular weight is 485 g/mol. The van der Waals surface area contributed by atoms with Crippen LogP contribution >= 0.6 is 0 Å². The monoisotopic (exact) mass is 484 g/mol. The number of benzene rings is 2. The molecule has 0 spiro atoms. The van der Waals surface area contributed by atoms with Gasteiger partial charge in [0.25, 0.3) is 0 Å². The van der Waals surface area contributed by atoms with Gasteiger partial charge in [-0.15, -0.1) is 0 Å². The summed E-state index contributed by atoms with van der Waals surface area (Å²) in [6.45, 7) is 11.0. The van der Waals surface area contributed by atoms with E-state index in [4.69, 9.17) is 14.2 Å². The summed E-state index contributed by atoms with van der Waals surface area (Å²) in [7, 11) is 1.62. The van der Waals surface area contributed by atoms with Crippen LogP contribution < -0.4 is 19.5 Å². The standard InChI is InChI=1S/C28H40N2O5/c1-7-20(4)29-28(32)21(5)30(19-23-10-14-24(33-6)15-11-23)27(31)17-13-22-12-16-25(34-8-2)26(18-22)35-9-3/h10-12,14-16,18,20-21H,7-9,13,17,19H2,1-6H3,(H,29,32)/t20-,21+/m0/s1. The first-order chi connectivity index (χ1) is 16.8. The number of carbonyl (C=O) groups is 2. The summed E-state index contributed by atoms with van der Waals surface area (Å²) in [5.74, 6) is 1.88. The van der Waals surface area contributed by atoms with E-state index in [0.717, 1.165) is 23.3 Å². The summed E-state index contributed by atoms with van der Waals surface area (Å²) < 4.78 is 16.6. The van der Waals surface area contributed by atoms with Gasteiger partial charge in [0.15, 0.2) is 11.5 Å². The van der Waals surface area contributed by atoms with E-state index in [9.17, 15) is 9.59 Å². The summed E-state index contributed by atoms with van der Waals surface area (Å²) in [4.78, 5) is 27.9. The summed E-state index contributed by atoms with van der Waals surface area (Å²) in [6.07, 6.45) is 1.63. The normalized spacial score (nSPS) is 12.4. The van der Waals surface area contributed by atoms with E-state index in [-0.39, 0.29) is 24.3 Å². The lowest BCUT2D eigenvalue weighted by atomic mass is 10.1. The van der Waals surface area contributed by atoms with E-state index >= 15 is 0 Å². The summed E-state index contributed by atoms with van der Waals surface area (Å²) in [6, 6.07) is 12.8. The molecule has 0 aliphatic carbocycles. The number of ether oxygens (including phenoxy) is 3. The van der Waals surface area contributed by atoms with Crippen molar-refractivity contribution in [3.05, 3.63) is 53.6 Å². The number of methoxy groups -OCH3 is 1. The third-order valence-electron chi connectivity index (χ3n) is 5.92. The van der Waals surface area contributed by atoms with E-state index in [1.807, 2.05) is 70.2 Å². The molecule has 0 unspecified atom stereocenters. The molecule has 0 aliphatic rings. The fourth-order valence-electron chi connectivity index (χ4n) is 3.62. The molecule has 35 heavy (non-hydrogen) atoms. The maximum absolute atomic E-state index is 13.4. The van der Waals surface area contributed by atoms with Crippen LogP contribution in [0, 0.1) is 0 Å². The zero-order chi connectivity index (χ0) is 25.8. The molecule has 0 aliphatic heterocycles. The lowest BCUT2D eigenvalue weighted by Crippen LogP contribution is -2.49. The Morgan fingerprint density at radius 3 is 2.14 bits per heavy atom. The molecule has 0 aromatic heterocycles. The number of hydrogen-bond donors (Lipinski definition) is 1. The molecule has 0 saturated heterocycles. The maximum atomic E-state index is 13.4. The number of hydrogen-bond acceptors (Lipinski definition) is 5. The maximum Gasteiger partial charge on any atom is 0.242 e. The smallest absolute Gasteiger partial charge is 0.242 e. The Morgan fingerprint density at radius 1 is 0.914 bits per heavy atom. The van der Waals surface area contributed by atoms with Gasteiger partial charge in [-0.1, -0.05) is 25.1 Å². The zero-order valence-electron chi connectivity index (χ0n) is 21.9. The molecule has 2 aromatic rings. The molecule has 2 amide bonds. The highest BCUT2D eigenvalue weighted by molar-refractivity contribution is 5.87. The van der Waals surface area contributed by atoms with Crippen LogP contribution in [0.25, 0.3) is 0 Å². The number of rotatable bonds is 14. The largest absolute Gasteiger partial charge is 0.497 e. The van der Waals surface area contributed by atoms with Gasteiger partial charge in [0, 0.05) is 19.0 Å². The lowest BCUT2D eigenvalue weighted by Gasteiger charge is -2.30. The van der Waals surface area contributed by atoms with Gasteiger partial charge in [-0.3, -0.25) is 9.59 Å². The first-order valence-electron chi connectivity index (χ1n) is 12.4. The summed E-state index contributed by atoms with van der Waals surface area (Å²) >= 11 is 0. The molecule has 192 valence electrons. The molecule has 0 radical (unpaired) electrons. The van der Waals surface area contributed by atoms with Crippen molar-refractivity contribution in [2.24, 2.45) is 0 Å². The van der Waals surface area contributed by atoms with Gasteiger partial charge in [0.05, 0.1) is 20.3 Å². The Hall–Kier alpha value is -3.22. The molecule has 0 bridgehead atoms. The minimum Gasteiger partial charge on any atom is -0.497 e. The van der Waals surface area contributed by atoms with Crippen molar-refractivity contribution in [3.63, 3.8) is 0 Å². The molecule has 7 nitrogen and oxygen atoms in total. The fraction of sp³-hybridized carbons (Fsp3) is 0.500. The number of nitrogens with one attached hydrogen (secondary N) is 1. The quantitative estimate of drug-likeness (QED) is 0.418. The molecule has 2 atom stereocenters. The Labute approximate surface area is 209 Å². The third-order valence-corrected chi connectivity index (χ3v) is 5.92. The summed E-state index contributed by atoms with van der Waals surface area (Å²) in [5, 5.41) is 3.00. The van der Waals surface area contributed by atoms with Crippen LogP contribution in [0.5, 0.6) is 17.2 Å². The minimum atomic E-state index is -0.599. The molecule has 1 N–H and O–H groups in total. The van der Waals surface area contributed by atoms with Crippen molar-refractivity contribution in [2.75, 3.05) is 20.3 Å². The van der Waals surface area contributed by atoms with Crippen LogP contribution in [-0.4, -0.2) is 49.1 Å². The Balaban J connectivity index is 2.18. The molecule has 2 rings (SSSR count). The Bertz CT molecular complexity index is 945. The number of amides is 2. The second-order valence-corrected chi connectivity index (χ2v) is 8.51. The SMILES string of the molecule is CCOc1ccc(CCC(=O)N(Cc2ccc(OC)cc2)[C@H](C)C(=O)N[C@@H](C)CC)cc1OCC. The number of carbonyl (C=O) groups excluding carboxylic acids is 2. The first kappa shape index (κ1) is 28.0. The van der Waals surface area contributed by atoms with Gasteiger partial charge in [-0.25, -0.2) is 0 Å². The van der Waals surface area contributed by atoms with Crippen molar-refractivity contribution in [2.45, 2.75) is 72.5 Å². The zero-order valence-corrected chi connectivity index (χ0v) is 21.9. The molecular formula is C28H40N2O5. The van der Waals surface area contributed by atoms with Crippen molar-refractivity contribution >= 4 is 11.8 Å². The Morgan fingerprint density at radius 2 is 1.54 bits per heavy atom. The highest BCUT2D eigenvalue weighted by Crippen LogP contribution is 2.29. The fourth-order valence-corrected chi connectivity index (χ4v) is 3.62. The molecular weight excluding hydrogens is 444 g/mol. The second kappa shape index (κ2) is 14.2. The van der Waals surface area contributed by atoms with Gasteiger partial charge in [0.2, 0.25) is 11.8 Å². The first-order valence-corrected chi connectivity index (χ1v) is 12.4. The van der Waals surface area contributed by atoms with Gasteiger partial charge < -0.3 is 24.4 Å². The molecule has 0 saturated carbocycles. The van der Waals surface area contributed by atoms with Crippen molar-refractivity contribution in [1.82, 2.24) is 10.2 Å². The minimum absolute atomic E-state index is 0.0451. The van der Waals surface area contributed by atoms with Gasteiger partial charge in [0.1, 0.15) is 11.8 Å². The highest BCUT2D eigenvalue weighted by Gasteiger charge is 2.26. The van der Waals surface area contributed by atoms with E-state index in [0.29, 0.717) is 37.7 Å². The van der Waals surface area contributed by atoms with Crippen molar-refractivity contribution in [1.29, 1.82) is 0 Å². The molecule has 0 heterocycles. The van der Waals surface area contributed by atoms with Crippen molar-refractivity contribution < 1.29 is 23.8 Å². The number of nitrogens with zero attached hydrogens (tertiary/aromatic N) is 1. The van der Waals surface area contributed by atoms with E-state index in [1.165, 1.54) is 0 Å². The van der Waals surface area contributed by atoms with Crippen LogP contribution in [0.4, 0.5) is 0 Å². The lowest BCUT2D eigenvalue weighted by molar-refractivity contribution is -0.140. The van der Waals surface area contributed by atoms with Crippen LogP contribution in [0.15, 0.2) is 42.5 Å². The van der Waals surface area contributed by atoms with Gasteiger partial charge in [-0.05, 0) is 75.9 Å². The predicted molar refractivity (Wildman–Crippen MR) is 138 cm³/mol. The van der Waals surface area contributed by atoms with Crippen LogP contribution in [0.2, 0.25) is 0 Å². The van der Waals surface area contributed by atoms with Crippen LogP contribution in [-0.2, 0) is 22.6 Å². The van der Waals surface area contributed by atoms with E-state index in [2.05, 4.69) is 5.32 Å². The molecule has 7 heteroatoms. The second-order valence-electron chi connectivity index (χ2n) is 8.51. The average Bonchev–Trinajstić information content (AvgIpc) is 2.87. The van der Waals surface area contributed by atoms with Gasteiger partial charge in [-0.2, -0.15) is 0 Å². The highest BCUT2D eigenvalue weighted by atomic mass is 16.5. The molecule has 0 fully saturated rings. The van der Waals surface area contributed by atoms with E-state index in [1.54, 1.807) is 18.9 Å². The predicted octanol–water partition coefficient (Wildman–Crippen LogP) is 4.76. The van der Waals surface area contributed by atoms with Crippen LogP contribution in [0.3, 0.4) is 0 Å². The summed E-state index contributed by atoms with van der Waals surface area (Å²) in [5.41, 5.74) is 1.91. The van der Waals surface area contributed by atoms with Crippen molar-refractivity contribution in [3.8, 4) is 17.2 Å². The van der Waals surface area contributed by atoms with E-state index < -0.39 is 6.04 Å². The third kappa shape index (κ3) is 8.50. The van der Waals surface area contributed by atoms with Crippen LogP contribution in [0.1, 0.15) is 58.6 Å². The Kier molecular flexibility index (Phi) is 11.4. The molecule has 2 aromatic carbocycles. The topological polar surface area (TPSA) is 77.1 Å². The number of aryl methyl sites for hydroxylation is 1.